The number of ether oxygens (including phenoxy) is 1. The number of halogens is 6. The molecule has 1 fully saturated rings. The lowest BCUT2D eigenvalue weighted by Gasteiger charge is -2.32. The van der Waals surface area contributed by atoms with E-state index in [2.05, 4.69) is 4.74 Å². The van der Waals surface area contributed by atoms with Crippen molar-refractivity contribution >= 4 is 0 Å². The molecule has 1 atom stereocenters. The predicted octanol–water partition coefficient (Wildman–Crippen LogP) is 1.63. The fourth-order valence-corrected chi connectivity index (χ4v) is 1.24. The molecule has 0 aliphatic carbocycles. The van der Waals surface area contributed by atoms with Crippen LogP contribution in [0.25, 0.3) is 0 Å². The van der Waals surface area contributed by atoms with Crippen LogP contribution in [0.5, 0.6) is 0 Å². The quantitative estimate of drug-likeness (QED) is 0.633. The van der Waals surface area contributed by atoms with Gasteiger partial charge in [-0.15, -0.1) is 0 Å². The van der Waals surface area contributed by atoms with E-state index in [4.69, 9.17) is 5.11 Å². The maximum atomic E-state index is 12.1. The molecule has 0 aromatic carbocycles. The SMILES string of the molecule is O[C@H]1COC(C(F)(F)F)(C(F)(F)F)C1. The lowest BCUT2D eigenvalue weighted by Crippen LogP contribution is -2.56. The molecule has 2 nitrogen and oxygen atoms in total. The Morgan fingerprint density at radius 3 is 1.64 bits per heavy atom. The Kier molecular flexibility index (Phi) is 2.47. The molecule has 8 heteroatoms. The number of rotatable bonds is 0. The number of hydrogen-bond donors (Lipinski definition) is 1. The predicted molar refractivity (Wildman–Crippen MR) is 31.4 cm³/mol. The van der Waals surface area contributed by atoms with E-state index in [1.54, 1.807) is 0 Å². The Labute approximate surface area is 74.5 Å². The third-order valence-corrected chi connectivity index (χ3v) is 1.96. The first kappa shape index (κ1) is 11.6. The fourth-order valence-electron chi connectivity index (χ4n) is 1.24. The van der Waals surface area contributed by atoms with Gasteiger partial charge in [-0.3, -0.25) is 0 Å². The lowest BCUT2D eigenvalue weighted by atomic mass is 9.98. The van der Waals surface area contributed by atoms with Crippen molar-refractivity contribution in [1.82, 2.24) is 0 Å². The summed E-state index contributed by atoms with van der Waals surface area (Å²) in [6.45, 7) is -0.959. The molecular weight excluding hydrogens is 218 g/mol. The van der Waals surface area contributed by atoms with Crippen LogP contribution >= 0.6 is 0 Å². The molecule has 1 aliphatic rings. The van der Waals surface area contributed by atoms with Crippen molar-refractivity contribution in [1.29, 1.82) is 0 Å². The molecule has 1 saturated heterocycles. The van der Waals surface area contributed by atoms with Crippen LogP contribution in [0.3, 0.4) is 0 Å². The van der Waals surface area contributed by atoms with Gasteiger partial charge in [0.2, 0.25) is 0 Å². The zero-order valence-corrected chi connectivity index (χ0v) is 6.61. The summed E-state index contributed by atoms with van der Waals surface area (Å²) in [4.78, 5) is 0. The van der Waals surface area contributed by atoms with E-state index in [1.807, 2.05) is 0 Å². The largest absolute Gasteiger partial charge is 0.426 e. The van der Waals surface area contributed by atoms with Crippen LogP contribution in [-0.4, -0.2) is 35.8 Å². The Hall–Kier alpha value is -0.500. The maximum absolute atomic E-state index is 12.1. The van der Waals surface area contributed by atoms with Gasteiger partial charge in [0.25, 0.3) is 5.60 Å². The van der Waals surface area contributed by atoms with E-state index in [9.17, 15) is 26.3 Å². The van der Waals surface area contributed by atoms with Gasteiger partial charge in [-0.2, -0.15) is 26.3 Å². The highest BCUT2D eigenvalue weighted by Crippen LogP contribution is 2.51. The van der Waals surface area contributed by atoms with Crippen molar-refractivity contribution in [2.75, 3.05) is 6.61 Å². The first-order valence-electron chi connectivity index (χ1n) is 3.55. The second-order valence-corrected chi connectivity index (χ2v) is 2.99. The minimum atomic E-state index is -5.57. The standard InChI is InChI=1S/C6H6F6O2/c7-5(8,9)4(6(10,11)12)1-3(13)2-14-4/h3,13H,1-2H2/t3-/m1/s1. The molecule has 1 heterocycles. The first-order chi connectivity index (χ1) is 6.10. The van der Waals surface area contributed by atoms with Crippen molar-refractivity contribution in [2.24, 2.45) is 0 Å². The Balaban J connectivity index is 3.05. The first-order valence-corrected chi connectivity index (χ1v) is 3.55. The summed E-state index contributed by atoms with van der Waals surface area (Å²) in [7, 11) is 0. The smallest absolute Gasteiger partial charge is 0.391 e. The maximum Gasteiger partial charge on any atom is 0.426 e. The van der Waals surface area contributed by atoms with E-state index in [1.165, 1.54) is 0 Å². The van der Waals surface area contributed by atoms with Gasteiger partial charge in [-0.05, 0) is 0 Å². The van der Waals surface area contributed by atoms with Crippen LogP contribution in [0.1, 0.15) is 6.42 Å². The Morgan fingerprint density at radius 2 is 1.50 bits per heavy atom. The monoisotopic (exact) mass is 224 g/mol. The summed E-state index contributed by atoms with van der Waals surface area (Å²) in [6.07, 6.45) is -14.4. The van der Waals surface area contributed by atoms with Crippen molar-refractivity contribution < 1.29 is 36.2 Å². The molecular formula is C6H6F6O2. The van der Waals surface area contributed by atoms with E-state index in [-0.39, 0.29) is 0 Å². The van der Waals surface area contributed by atoms with Crippen LogP contribution in [0.15, 0.2) is 0 Å². The molecule has 0 unspecified atom stereocenters. The molecule has 0 bridgehead atoms. The van der Waals surface area contributed by atoms with Gasteiger partial charge >= 0.3 is 12.4 Å². The molecule has 0 spiro atoms. The van der Waals surface area contributed by atoms with Gasteiger partial charge in [0.15, 0.2) is 0 Å². The van der Waals surface area contributed by atoms with Gasteiger partial charge < -0.3 is 9.84 Å². The van der Waals surface area contributed by atoms with Crippen LogP contribution in [0, 0.1) is 0 Å². The van der Waals surface area contributed by atoms with Crippen molar-refractivity contribution in [3.63, 3.8) is 0 Å². The highest BCUT2D eigenvalue weighted by Gasteiger charge is 2.74. The number of alkyl halides is 6. The zero-order valence-electron chi connectivity index (χ0n) is 6.61. The van der Waals surface area contributed by atoms with E-state index in [0.717, 1.165) is 0 Å². The van der Waals surface area contributed by atoms with Gasteiger partial charge in [-0.25, -0.2) is 0 Å². The average Bonchev–Trinajstić information content (AvgIpc) is 2.28. The summed E-state index contributed by atoms with van der Waals surface area (Å²) in [5, 5.41) is 8.67. The summed E-state index contributed by atoms with van der Waals surface area (Å²) < 4.78 is 76.5. The summed E-state index contributed by atoms with van der Waals surface area (Å²) >= 11 is 0. The molecule has 1 N–H and O–H groups in total. The van der Waals surface area contributed by atoms with Crippen molar-refractivity contribution in [2.45, 2.75) is 30.5 Å². The molecule has 0 aromatic heterocycles. The van der Waals surface area contributed by atoms with E-state index < -0.39 is 37.1 Å². The lowest BCUT2D eigenvalue weighted by molar-refractivity contribution is -0.368. The van der Waals surface area contributed by atoms with E-state index in [0.29, 0.717) is 0 Å². The Morgan fingerprint density at radius 1 is 1.07 bits per heavy atom. The highest BCUT2D eigenvalue weighted by atomic mass is 19.4. The molecule has 0 amide bonds. The topological polar surface area (TPSA) is 29.5 Å². The number of aliphatic hydroxyl groups is 1. The molecule has 84 valence electrons. The molecule has 0 radical (unpaired) electrons. The Bertz CT molecular complexity index is 205. The molecule has 14 heavy (non-hydrogen) atoms. The summed E-state index contributed by atoms with van der Waals surface area (Å²) in [5.41, 5.74) is -4.21. The van der Waals surface area contributed by atoms with Gasteiger partial charge in [0, 0.05) is 6.42 Å². The number of hydrogen-bond acceptors (Lipinski definition) is 2. The zero-order chi connectivity index (χ0) is 11.2. The molecule has 0 aromatic rings. The minimum Gasteiger partial charge on any atom is -0.391 e. The third kappa shape index (κ3) is 1.56. The molecule has 1 aliphatic heterocycles. The van der Waals surface area contributed by atoms with Crippen LogP contribution in [-0.2, 0) is 4.74 Å². The highest BCUT2D eigenvalue weighted by molar-refractivity contribution is 5.01. The minimum absolute atomic E-state index is 0.959. The normalized spacial score (nSPS) is 28.1. The fraction of sp³-hybridized carbons (Fsp3) is 1.00. The van der Waals surface area contributed by atoms with Crippen LogP contribution < -0.4 is 0 Å². The van der Waals surface area contributed by atoms with Crippen LogP contribution in [0.4, 0.5) is 26.3 Å². The second kappa shape index (κ2) is 2.99. The van der Waals surface area contributed by atoms with Crippen molar-refractivity contribution in [3.05, 3.63) is 0 Å². The van der Waals surface area contributed by atoms with Gasteiger partial charge in [-0.1, -0.05) is 0 Å². The van der Waals surface area contributed by atoms with Crippen molar-refractivity contribution in [3.8, 4) is 0 Å². The van der Waals surface area contributed by atoms with E-state index >= 15 is 0 Å². The second-order valence-electron chi connectivity index (χ2n) is 2.99. The van der Waals surface area contributed by atoms with Gasteiger partial charge in [0.1, 0.15) is 0 Å². The molecule has 0 saturated carbocycles. The summed E-state index contributed by atoms with van der Waals surface area (Å²) in [6, 6.07) is 0. The number of aliphatic hydroxyl groups excluding tert-OH is 1. The van der Waals surface area contributed by atoms with Gasteiger partial charge in [0.05, 0.1) is 12.7 Å². The summed E-state index contributed by atoms with van der Waals surface area (Å²) in [5.74, 6) is 0. The van der Waals surface area contributed by atoms with Crippen LogP contribution in [0.2, 0.25) is 0 Å². The average molecular weight is 224 g/mol. The molecule has 1 rings (SSSR count). The third-order valence-electron chi connectivity index (χ3n) is 1.96.